The minimum atomic E-state index is 0.678. The smallest absolute Gasteiger partial charge is 0.0972 e. The molecule has 19 heavy (non-hydrogen) atoms. The molecule has 100 valence electrons. The number of hydrogen-bond acceptors (Lipinski definition) is 3. The largest absolute Gasteiger partial charge is 0.306 e. The van der Waals surface area contributed by atoms with E-state index in [4.69, 9.17) is 4.98 Å². The third-order valence-electron chi connectivity index (χ3n) is 3.90. The van der Waals surface area contributed by atoms with Gasteiger partial charge in [0.05, 0.1) is 10.7 Å². The molecule has 0 N–H and O–H groups in total. The van der Waals surface area contributed by atoms with Gasteiger partial charge in [0, 0.05) is 17.7 Å². The Kier molecular flexibility index (Phi) is 3.95. The zero-order chi connectivity index (χ0) is 13.1. The first kappa shape index (κ1) is 12.8. The highest BCUT2D eigenvalue weighted by Gasteiger charge is 2.20. The summed E-state index contributed by atoms with van der Waals surface area (Å²) in [6.07, 6.45) is 3.48. The molecule has 1 aliphatic heterocycles. The fraction of sp³-hybridized carbons (Fsp3) is 0.438. The molecule has 1 saturated heterocycles. The molecule has 0 unspecified atom stereocenters. The molecule has 0 amide bonds. The van der Waals surface area contributed by atoms with Crippen LogP contribution < -0.4 is 0 Å². The van der Waals surface area contributed by atoms with Crippen LogP contribution in [0.25, 0.3) is 0 Å². The van der Waals surface area contributed by atoms with E-state index >= 15 is 0 Å². The van der Waals surface area contributed by atoms with Gasteiger partial charge in [-0.2, -0.15) is 0 Å². The number of piperidine rings is 1. The molecule has 2 heterocycles. The molecular weight excluding hydrogens is 252 g/mol. The number of thiazole rings is 1. The van der Waals surface area contributed by atoms with Gasteiger partial charge in [0.2, 0.25) is 0 Å². The zero-order valence-electron chi connectivity index (χ0n) is 11.4. The fourth-order valence-electron chi connectivity index (χ4n) is 2.67. The summed E-state index contributed by atoms with van der Waals surface area (Å²) >= 11 is 1.81. The Morgan fingerprint density at radius 2 is 1.95 bits per heavy atom. The van der Waals surface area contributed by atoms with Gasteiger partial charge >= 0.3 is 0 Å². The van der Waals surface area contributed by atoms with E-state index in [2.05, 4.69) is 47.7 Å². The number of rotatable bonds is 3. The summed E-state index contributed by atoms with van der Waals surface area (Å²) in [5, 5.41) is 3.52. The maximum Gasteiger partial charge on any atom is 0.0972 e. The Balaban J connectivity index is 1.66. The maximum absolute atomic E-state index is 4.85. The molecule has 1 aromatic heterocycles. The lowest BCUT2D eigenvalue weighted by Crippen LogP contribution is -2.29. The van der Waals surface area contributed by atoms with Crippen molar-refractivity contribution in [3.63, 3.8) is 0 Å². The van der Waals surface area contributed by atoms with Crippen molar-refractivity contribution in [2.75, 3.05) is 20.1 Å². The van der Waals surface area contributed by atoms with Crippen LogP contribution in [0.15, 0.2) is 35.7 Å². The lowest BCUT2D eigenvalue weighted by molar-refractivity contribution is 0.253. The normalized spacial score (nSPS) is 17.7. The first-order valence-electron chi connectivity index (χ1n) is 6.98. The second-order valence-electron chi connectivity index (χ2n) is 5.41. The van der Waals surface area contributed by atoms with Crippen molar-refractivity contribution < 1.29 is 0 Å². The van der Waals surface area contributed by atoms with Gasteiger partial charge in [-0.25, -0.2) is 4.98 Å². The standard InChI is InChI=1S/C16H20N2S/c1-18-9-7-14(8-10-18)15-12-19-16(17-15)11-13-5-3-2-4-6-13/h2-6,12,14H,7-11H2,1H3. The highest BCUT2D eigenvalue weighted by atomic mass is 32.1. The highest BCUT2D eigenvalue weighted by Crippen LogP contribution is 2.29. The molecule has 2 aromatic rings. The average Bonchev–Trinajstić information content (AvgIpc) is 2.89. The van der Waals surface area contributed by atoms with E-state index in [0.717, 1.165) is 6.42 Å². The van der Waals surface area contributed by atoms with Crippen molar-refractivity contribution in [1.29, 1.82) is 0 Å². The molecule has 0 saturated carbocycles. The molecular formula is C16H20N2S. The van der Waals surface area contributed by atoms with Crippen molar-refractivity contribution in [3.05, 3.63) is 52.0 Å². The molecule has 2 nitrogen and oxygen atoms in total. The lowest BCUT2D eigenvalue weighted by atomic mass is 9.94. The topological polar surface area (TPSA) is 16.1 Å². The van der Waals surface area contributed by atoms with E-state index in [0.29, 0.717) is 5.92 Å². The van der Waals surface area contributed by atoms with Crippen LogP contribution in [0.5, 0.6) is 0 Å². The van der Waals surface area contributed by atoms with Crippen LogP contribution in [0.1, 0.15) is 35.0 Å². The summed E-state index contributed by atoms with van der Waals surface area (Å²) in [7, 11) is 2.21. The lowest BCUT2D eigenvalue weighted by Gasteiger charge is -2.27. The predicted molar refractivity (Wildman–Crippen MR) is 80.8 cm³/mol. The van der Waals surface area contributed by atoms with Crippen LogP contribution in [0.4, 0.5) is 0 Å². The first-order valence-corrected chi connectivity index (χ1v) is 7.86. The predicted octanol–water partition coefficient (Wildman–Crippen LogP) is 3.54. The number of benzene rings is 1. The van der Waals surface area contributed by atoms with E-state index in [9.17, 15) is 0 Å². The fourth-order valence-corrected chi connectivity index (χ4v) is 3.58. The zero-order valence-corrected chi connectivity index (χ0v) is 12.2. The van der Waals surface area contributed by atoms with E-state index in [1.807, 2.05) is 11.3 Å². The van der Waals surface area contributed by atoms with Gasteiger partial charge in [-0.3, -0.25) is 0 Å². The summed E-state index contributed by atoms with van der Waals surface area (Å²) in [6.45, 7) is 2.41. The number of nitrogens with zero attached hydrogens (tertiary/aromatic N) is 2. The number of hydrogen-bond donors (Lipinski definition) is 0. The summed E-state index contributed by atoms with van der Waals surface area (Å²) < 4.78 is 0. The van der Waals surface area contributed by atoms with Crippen LogP contribution in [0.3, 0.4) is 0 Å². The Bertz CT molecular complexity index is 513. The molecule has 0 bridgehead atoms. The monoisotopic (exact) mass is 272 g/mol. The Labute approximate surface area is 119 Å². The van der Waals surface area contributed by atoms with Crippen LogP contribution in [-0.4, -0.2) is 30.0 Å². The molecule has 3 rings (SSSR count). The third-order valence-corrected chi connectivity index (χ3v) is 4.77. The van der Waals surface area contributed by atoms with E-state index in [1.165, 1.54) is 42.2 Å². The van der Waals surface area contributed by atoms with Gasteiger partial charge in [0.15, 0.2) is 0 Å². The van der Waals surface area contributed by atoms with E-state index in [1.54, 1.807) is 0 Å². The molecule has 0 radical (unpaired) electrons. The van der Waals surface area contributed by atoms with Gasteiger partial charge in [0.1, 0.15) is 0 Å². The van der Waals surface area contributed by atoms with Crippen LogP contribution in [0.2, 0.25) is 0 Å². The maximum atomic E-state index is 4.85. The molecule has 0 aliphatic carbocycles. The van der Waals surface area contributed by atoms with Gasteiger partial charge in [-0.05, 0) is 38.5 Å². The Morgan fingerprint density at radius 3 is 2.68 bits per heavy atom. The minimum absolute atomic E-state index is 0.678. The first-order chi connectivity index (χ1) is 9.31. The molecule has 3 heteroatoms. The summed E-state index contributed by atoms with van der Waals surface area (Å²) in [5.74, 6) is 0.678. The highest BCUT2D eigenvalue weighted by molar-refractivity contribution is 7.09. The van der Waals surface area contributed by atoms with Gasteiger partial charge in [0.25, 0.3) is 0 Å². The third kappa shape index (κ3) is 3.23. The molecule has 1 aliphatic rings. The second-order valence-corrected chi connectivity index (χ2v) is 6.35. The van der Waals surface area contributed by atoms with Crippen molar-refractivity contribution >= 4 is 11.3 Å². The summed E-state index contributed by atoms with van der Waals surface area (Å²) in [5.41, 5.74) is 2.68. The van der Waals surface area contributed by atoms with Gasteiger partial charge in [-0.15, -0.1) is 11.3 Å². The Hall–Kier alpha value is -1.19. The molecule has 0 atom stereocenters. The summed E-state index contributed by atoms with van der Waals surface area (Å²) in [4.78, 5) is 7.26. The van der Waals surface area contributed by atoms with Gasteiger partial charge in [-0.1, -0.05) is 30.3 Å². The van der Waals surface area contributed by atoms with E-state index < -0.39 is 0 Å². The summed E-state index contributed by atoms with van der Waals surface area (Å²) in [6, 6.07) is 10.6. The van der Waals surface area contributed by atoms with Gasteiger partial charge < -0.3 is 4.90 Å². The van der Waals surface area contributed by atoms with Crippen LogP contribution >= 0.6 is 11.3 Å². The molecule has 1 aromatic carbocycles. The van der Waals surface area contributed by atoms with Crippen molar-refractivity contribution in [2.45, 2.75) is 25.2 Å². The second kappa shape index (κ2) is 5.85. The quantitative estimate of drug-likeness (QED) is 0.849. The van der Waals surface area contributed by atoms with E-state index in [-0.39, 0.29) is 0 Å². The number of aromatic nitrogens is 1. The SMILES string of the molecule is CN1CCC(c2csc(Cc3ccccc3)n2)CC1. The minimum Gasteiger partial charge on any atom is -0.306 e. The van der Waals surface area contributed by atoms with Crippen molar-refractivity contribution in [3.8, 4) is 0 Å². The van der Waals surface area contributed by atoms with Crippen molar-refractivity contribution in [2.24, 2.45) is 0 Å². The molecule has 0 spiro atoms. The average molecular weight is 272 g/mol. The number of likely N-dealkylation sites (tertiary alicyclic amines) is 1. The van der Waals surface area contributed by atoms with Crippen molar-refractivity contribution in [1.82, 2.24) is 9.88 Å². The van der Waals surface area contributed by atoms with Crippen LogP contribution in [-0.2, 0) is 6.42 Å². The molecule has 1 fully saturated rings. The van der Waals surface area contributed by atoms with Crippen LogP contribution in [0, 0.1) is 0 Å². The Morgan fingerprint density at radius 1 is 1.21 bits per heavy atom.